The third kappa shape index (κ3) is 2.99. The number of ether oxygens (including phenoxy) is 1. The molecule has 1 heterocycles. The van der Waals surface area contributed by atoms with Gasteiger partial charge < -0.3 is 10.5 Å². The quantitative estimate of drug-likeness (QED) is 0.882. The Balaban J connectivity index is 2.22. The van der Waals surface area contributed by atoms with Crippen LogP contribution in [0, 0.1) is 0 Å². The predicted molar refractivity (Wildman–Crippen MR) is 82.0 cm³/mol. The maximum absolute atomic E-state index is 6.33. The first-order valence-corrected chi connectivity index (χ1v) is 7.52. The highest BCUT2D eigenvalue weighted by Crippen LogP contribution is 2.33. The van der Waals surface area contributed by atoms with E-state index < -0.39 is 0 Å². The highest BCUT2D eigenvalue weighted by atomic mass is 32.1. The lowest BCUT2D eigenvalue weighted by molar-refractivity contribution is 0.411. The summed E-state index contributed by atoms with van der Waals surface area (Å²) in [4.78, 5) is 1.08. The lowest BCUT2D eigenvalue weighted by atomic mass is 9.96. The molecule has 2 nitrogen and oxygen atoms in total. The first-order chi connectivity index (χ1) is 9.17. The Morgan fingerprint density at radius 3 is 2.37 bits per heavy atom. The second kappa shape index (κ2) is 6.22. The van der Waals surface area contributed by atoms with E-state index >= 15 is 0 Å². The number of rotatable bonds is 5. The van der Waals surface area contributed by atoms with E-state index in [1.165, 1.54) is 5.56 Å². The van der Waals surface area contributed by atoms with Crippen molar-refractivity contribution in [3.63, 3.8) is 0 Å². The van der Waals surface area contributed by atoms with Gasteiger partial charge in [-0.25, -0.2) is 0 Å². The fourth-order valence-corrected chi connectivity index (χ4v) is 3.01. The molecular weight excluding hydrogens is 254 g/mol. The van der Waals surface area contributed by atoms with E-state index in [2.05, 4.69) is 38.1 Å². The van der Waals surface area contributed by atoms with E-state index in [0.717, 1.165) is 22.6 Å². The van der Waals surface area contributed by atoms with Crippen LogP contribution in [-0.2, 0) is 0 Å². The monoisotopic (exact) mass is 275 g/mol. The highest BCUT2D eigenvalue weighted by molar-refractivity contribution is 7.10. The highest BCUT2D eigenvalue weighted by Gasteiger charge is 2.15. The first-order valence-electron chi connectivity index (χ1n) is 6.64. The summed E-state index contributed by atoms with van der Waals surface area (Å²) in [5.41, 5.74) is 8.83. The van der Waals surface area contributed by atoms with Gasteiger partial charge in [0, 0.05) is 0 Å². The van der Waals surface area contributed by atoms with Gasteiger partial charge in [-0.05, 0) is 34.9 Å². The number of nitrogens with two attached hydrogens (primary N) is 1. The lowest BCUT2D eigenvalue weighted by Gasteiger charge is -2.14. The smallest absolute Gasteiger partial charge is 0.134 e. The van der Waals surface area contributed by atoms with Crippen LogP contribution in [0.1, 0.15) is 48.2 Å². The predicted octanol–water partition coefficient (Wildman–Crippen LogP) is 4.32. The van der Waals surface area contributed by atoms with E-state index in [0.29, 0.717) is 5.92 Å². The van der Waals surface area contributed by atoms with Crippen LogP contribution in [0.25, 0.3) is 0 Å². The zero-order valence-electron chi connectivity index (χ0n) is 11.7. The van der Waals surface area contributed by atoms with Crippen molar-refractivity contribution in [2.75, 3.05) is 7.11 Å². The molecule has 0 fully saturated rings. The molecule has 0 spiro atoms. The molecule has 1 aromatic heterocycles. The molecule has 2 rings (SSSR count). The molecule has 0 aliphatic heterocycles. The van der Waals surface area contributed by atoms with Crippen molar-refractivity contribution in [2.45, 2.75) is 32.2 Å². The second-order valence-corrected chi connectivity index (χ2v) is 5.75. The topological polar surface area (TPSA) is 35.2 Å². The van der Waals surface area contributed by atoms with Gasteiger partial charge in [0.1, 0.15) is 5.75 Å². The summed E-state index contributed by atoms with van der Waals surface area (Å²) in [6.07, 6.45) is 1.16. The molecule has 2 N–H and O–H groups in total. The summed E-state index contributed by atoms with van der Waals surface area (Å²) in [7, 11) is 1.68. The average Bonchev–Trinajstić information content (AvgIpc) is 2.94. The summed E-state index contributed by atoms with van der Waals surface area (Å²) in [6.45, 7) is 4.46. The SMILES string of the molecule is CCC(C)c1ccc(C(N)c2sccc2OC)cc1. The molecular formula is C16H21NOS. The van der Waals surface area contributed by atoms with Crippen molar-refractivity contribution in [3.8, 4) is 5.75 Å². The number of hydrogen-bond donors (Lipinski definition) is 1. The standard InChI is InChI=1S/C16H21NOS/c1-4-11(2)12-5-7-13(8-6-12)15(17)16-14(18-3)9-10-19-16/h5-11,15H,4,17H2,1-3H3. The van der Waals surface area contributed by atoms with Gasteiger partial charge in [-0.2, -0.15) is 0 Å². The summed E-state index contributed by atoms with van der Waals surface area (Å²) in [5.74, 6) is 1.48. The van der Waals surface area contributed by atoms with Crippen LogP contribution in [-0.4, -0.2) is 7.11 Å². The summed E-state index contributed by atoms with van der Waals surface area (Å²) < 4.78 is 5.34. The molecule has 0 bridgehead atoms. The van der Waals surface area contributed by atoms with Crippen LogP contribution < -0.4 is 10.5 Å². The van der Waals surface area contributed by atoms with Gasteiger partial charge in [-0.3, -0.25) is 0 Å². The van der Waals surface area contributed by atoms with Crippen molar-refractivity contribution in [3.05, 3.63) is 51.7 Å². The molecule has 0 aliphatic rings. The van der Waals surface area contributed by atoms with Crippen LogP contribution >= 0.6 is 11.3 Å². The molecule has 102 valence electrons. The Morgan fingerprint density at radius 1 is 1.16 bits per heavy atom. The Morgan fingerprint density at radius 2 is 1.79 bits per heavy atom. The van der Waals surface area contributed by atoms with Gasteiger partial charge in [0.2, 0.25) is 0 Å². The molecule has 2 unspecified atom stereocenters. The fraction of sp³-hybridized carbons (Fsp3) is 0.375. The van der Waals surface area contributed by atoms with Gasteiger partial charge in [-0.15, -0.1) is 11.3 Å². The Kier molecular flexibility index (Phi) is 4.61. The van der Waals surface area contributed by atoms with Crippen LogP contribution in [0.5, 0.6) is 5.75 Å². The Labute approximate surface area is 119 Å². The number of hydrogen-bond acceptors (Lipinski definition) is 3. The van der Waals surface area contributed by atoms with Crippen molar-refractivity contribution in [1.82, 2.24) is 0 Å². The summed E-state index contributed by atoms with van der Waals surface area (Å²) >= 11 is 1.64. The van der Waals surface area contributed by atoms with Crippen molar-refractivity contribution in [2.24, 2.45) is 5.73 Å². The van der Waals surface area contributed by atoms with Gasteiger partial charge in [0.25, 0.3) is 0 Å². The minimum atomic E-state index is -0.110. The summed E-state index contributed by atoms with van der Waals surface area (Å²) in [5, 5.41) is 2.02. The van der Waals surface area contributed by atoms with Crippen LogP contribution in [0.4, 0.5) is 0 Å². The van der Waals surface area contributed by atoms with Gasteiger partial charge in [-0.1, -0.05) is 38.1 Å². The van der Waals surface area contributed by atoms with E-state index in [-0.39, 0.29) is 6.04 Å². The number of thiophene rings is 1. The molecule has 0 saturated carbocycles. The van der Waals surface area contributed by atoms with E-state index in [4.69, 9.17) is 10.5 Å². The maximum atomic E-state index is 6.33. The molecule has 0 aliphatic carbocycles. The minimum Gasteiger partial charge on any atom is -0.496 e. The third-order valence-electron chi connectivity index (χ3n) is 3.64. The molecule has 1 aromatic carbocycles. The Bertz CT molecular complexity index is 518. The van der Waals surface area contributed by atoms with Gasteiger partial charge >= 0.3 is 0 Å². The van der Waals surface area contributed by atoms with E-state index in [1.807, 2.05) is 11.4 Å². The first kappa shape index (κ1) is 14.1. The minimum absolute atomic E-state index is 0.110. The Hall–Kier alpha value is -1.32. The number of methoxy groups -OCH3 is 1. The molecule has 2 atom stereocenters. The molecule has 3 heteroatoms. The lowest BCUT2D eigenvalue weighted by Crippen LogP contribution is -2.11. The molecule has 2 aromatic rings. The normalized spacial score (nSPS) is 14.1. The van der Waals surface area contributed by atoms with Gasteiger partial charge in [0.05, 0.1) is 18.0 Å². The molecule has 0 amide bonds. The third-order valence-corrected chi connectivity index (χ3v) is 4.62. The number of benzene rings is 1. The van der Waals surface area contributed by atoms with Crippen molar-refractivity contribution < 1.29 is 4.74 Å². The molecule has 0 radical (unpaired) electrons. The second-order valence-electron chi connectivity index (χ2n) is 4.81. The average molecular weight is 275 g/mol. The molecule has 19 heavy (non-hydrogen) atoms. The van der Waals surface area contributed by atoms with Crippen LogP contribution in [0.3, 0.4) is 0 Å². The molecule has 0 saturated heterocycles. The van der Waals surface area contributed by atoms with Crippen molar-refractivity contribution in [1.29, 1.82) is 0 Å². The van der Waals surface area contributed by atoms with E-state index in [1.54, 1.807) is 18.4 Å². The van der Waals surface area contributed by atoms with Crippen LogP contribution in [0.2, 0.25) is 0 Å². The maximum Gasteiger partial charge on any atom is 0.134 e. The van der Waals surface area contributed by atoms with Crippen molar-refractivity contribution >= 4 is 11.3 Å². The fourth-order valence-electron chi connectivity index (χ4n) is 2.12. The van der Waals surface area contributed by atoms with E-state index in [9.17, 15) is 0 Å². The van der Waals surface area contributed by atoms with Gasteiger partial charge in [0.15, 0.2) is 0 Å². The summed E-state index contributed by atoms with van der Waals surface area (Å²) in [6, 6.07) is 10.5. The zero-order chi connectivity index (χ0) is 13.8. The largest absolute Gasteiger partial charge is 0.496 e. The zero-order valence-corrected chi connectivity index (χ0v) is 12.5. The van der Waals surface area contributed by atoms with Crippen LogP contribution in [0.15, 0.2) is 35.7 Å².